The molecule has 2 aromatic rings. The van der Waals surface area contributed by atoms with Crippen LogP contribution in [0.4, 0.5) is 5.69 Å². The van der Waals surface area contributed by atoms with Crippen molar-refractivity contribution in [2.75, 3.05) is 5.32 Å². The van der Waals surface area contributed by atoms with Crippen LogP contribution in [0, 0.1) is 12.8 Å². The van der Waals surface area contributed by atoms with Crippen molar-refractivity contribution < 1.29 is 4.79 Å². The molecular formula is C17H18N2O. The van der Waals surface area contributed by atoms with Crippen molar-refractivity contribution in [2.45, 2.75) is 25.7 Å². The first-order valence-corrected chi connectivity index (χ1v) is 7.02. The molecule has 0 bridgehead atoms. The quantitative estimate of drug-likeness (QED) is 0.920. The SMILES string of the molecule is Cc1cc(NC(=O)C(c2ccccc2)C2CC2)ccn1. The van der Waals surface area contributed by atoms with Crippen molar-refractivity contribution in [3.05, 3.63) is 59.9 Å². The maximum Gasteiger partial charge on any atom is 0.232 e. The molecule has 0 spiro atoms. The molecule has 102 valence electrons. The molecule has 0 radical (unpaired) electrons. The van der Waals surface area contributed by atoms with Crippen LogP contribution in [0.15, 0.2) is 48.7 Å². The van der Waals surface area contributed by atoms with Crippen LogP contribution in [0.5, 0.6) is 0 Å². The minimum Gasteiger partial charge on any atom is -0.325 e. The Bertz CT molecular complexity index is 605. The number of pyridine rings is 1. The maximum atomic E-state index is 12.6. The normalized spacial score (nSPS) is 15.7. The van der Waals surface area contributed by atoms with Crippen LogP contribution in [0.3, 0.4) is 0 Å². The van der Waals surface area contributed by atoms with E-state index in [1.165, 1.54) is 0 Å². The topological polar surface area (TPSA) is 42.0 Å². The number of amides is 1. The minimum absolute atomic E-state index is 0.0373. The molecule has 0 aliphatic heterocycles. The molecule has 1 saturated carbocycles. The highest BCUT2D eigenvalue weighted by atomic mass is 16.1. The predicted octanol–water partition coefficient (Wildman–Crippen LogP) is 3.52. The second-order valence-electron chi connectivity index (χ2n) is 5.40. The Labute approximate surface area is 119 Å². The van der Waals surface area contributed by atoms with Crippen LogP contribution in [0.2, 0.25) is 0 Å². The third-order valence-corrected chi connectivity index (χ3v) is 3.70. The van der Waals surface area contributed by atoms with Gasteiger partial charge in [-0.25, -0.2) is 0 Å². The van der Waals surface area contributed by atoms with Crippen LogP contribution in [0.1, 0.15) is 30.0 Å². The van der Waals surface area contributed by atoms with Crippen molar-refractivity contribution in [3.8, 4) is 0 Å². The summed E-state index contributed by atoms with van der Waals surface area (Å²) in [5, 5.41) is 3.02. The van der Waals surface area contributed by atoms with E-state index in [9.17, 15) is 4.79 Å². The van der Waals surface area contributed by atoms with Gasteiger partial charge in [-0.3, -0.25) is 9.78 Å². The Balaban J connectivity index is 1.80. The third kappa shape index (κ3) is 2.87. The number of nitrogens with one attached hydrogen (secondary N) is 1. The molecule has 0 saturated heterocycles. The molecule has 3 heteroatoms. The summed E-state index contributed by atoms with van der Waals surface area (Å²) in [6.45, 7) is 1.92. The van der Waals surface area contributed by atoms with E-state index in [1.54, 1.807) is 6.20 Å². The second-order valence-corrected chi connectivity index (χ2v) is 5.40. The maximum absolute atomic E-state index is 12.6. The van der Waals surface area contributed by atoms with Gasteiger partial charge in [0.1, 0.15) is 0 Å². The number of aromatic nitrogens is 1. The molecule has 1 aliphatic rings. The molecule has 1 aliphatic carbocycles. The van der Waals surface area contributed by atoms with E-state index in [1.807, 2.05) is 49.4 Å². The van der Waals surface area contributed by atoms with Crippen molar-refractivity contribution in [2.24, 2.45) is 5.92 Å². The molecule has 1 unspecified atom stereocenters. The number of carbonyl (C=O) groups excluding carboxylic acids is 1. The average molecular weight is 266 g/mol. The Morgan fingerprint density at radius 2 is 2.00 bits per heavy atom. The number of benzene rings is 1. The highest BCUT2D eigenvalue weighted by Gasteiger charge is 2.37. The fourth-order valence-electron chi connectivity index (χ4n) is 2.57. The zero-order valence-electron chi connectivity index (χ0n) is 11.5. The molecule has 3 nitrogen and oxygen atoms in total. The lowest BCUT2D eigenvalue weighted by atomic mass is 9.93. The monoisotopic (exact) mass is 266 g/mol. The summed E-state index contributed by atoms with van der Waals surface area (Å²) in [6, 6.07) is 13.8. The van der Waals surface area contributed by atoms with Gasteiger partial charge in [0.2, 0.25) is 5.91 Å². The number of anilines is 1. The molecular weight excluding hydrogens is 248 g/mol. The van der Waals surface area contributed by atoms with Crippen LogP contribution in [-0.4, -0.2) is 10.9 Å². The first kappa shape index (κ1) is 12.9. The van der Waals surface area contributed by atoms with E-state index in [-0.39, 0.29) is 11.8 Å². The van der Waals surface area contributed by atoms with E-state index < -0.39 is 0 Å². The van der Waals surface area contributed by atoms with Gasteiger partial charge >= 0.3 is 0 Å². The Morgan fingerprint density at radius 1 is 1.25 bits per heavy atom. The molecule has 1 aromatic heterocycles. The first-order chi connectivity index (χ1) is 9.74. The Hall–Kier alpha value is -2.16. The third-order valence-electron chi connectivity index (χ3n) is 3.70. The highest BCUT2D eigenvalue weighted by Crippen LogP contribution is 2.43. The summed E-state index contributed by atoms with van der Waals surface area (Å²) in [6.07, 6.45) is 4.00. The fraction of sp³-hybridized carbons (Fsp3) is 0.294. The average Bonchev–Trinajstić information content (AvgIpc) is 3.25. The van der Waals surface area contributed by atoms with Gasteiger partial charge < -0.3 is 5.32 Å². The van der Waals surface area contributed by atoms with E-state index in [0.29, 0.717) is 5.92 Å². The number of hydrogen-bond donors (Lipinski definition) is 1. The fourth-order valence-corrected chi connectivity index (χ4v) is 2.57. The van der Waals surface area contributed by atoms with Crippen LogP contribution in [0.25, 0.3) is 0 Å². The smallest absolute Gasteiger partial charge is 0.232 e. The van der Waals surface area contributed by atoms with Crippen molar-refractivity contribution >= 4 is 11.6 Å². The van der Waals surface area contributed by atoms with E-state index in [4.69, 9.17) is 0 Å². The number of hydrogen-bond acceptors (Lipinski definition) is 2. The highest BCUT2D eigenvalue weighted by molar-refractivity contribution is 5.96. The summed E-state index contributed by atoms with van der Waals surface area (Å²) in [4.78, 5) is 16.7. The lowest BCUT2D eigenvalue weighted by Crippen LogP contribution is -2.22. The van der Waals surface area contributed by atoms with E-state index in [0.717, 1.165) is 29.8 Å². The predicted molar refractivity (Wildman–Crippen MR) is 79.5 cm³/mol. The van der Waals surface area contributed by atoms with Gasteiger partial charge in [-0.05, 0) is 43.4 Å². The second kappa shape index (κ2) is 5.45. The number of nitrogens with zero attached hydrogens (tertiary/aromatic N) is 1. The van der Waals surface area contributed by atoms with Gasteiger partial charge in [0.05, 0.1) is 5.92 Å². The molecule has 1 atom stereocenters. The number of aryl methyl sites for hydroxylation is 1. The van der Waals surface area contributed by atoms with Gasteiger partial charge in [0.25, 0.3) is 0 Å². The molecule has 1 amide bonds. The molecule has 1 heterocycles. The molecule has 3 rings (SSSR count). The summed E-state index contributed by atoms with van der Waals surface area (Å²) in [7, 11) is 0. The van der Waals surface area contributed by atoms with Crippen LogP contribution < -0.4 is 5.32 Å². The first-order valence-electron chi connectivity index (χ1n) is 7.02. The minimum atomic E-state index is -0.0373. The van der Waals surface area contributed by atoms with Gasteiger partial charge in [-0.2, -0.15) is 0 Å². The van der Waals surface area contributed by atoms with Crippen LogP contribution in [-0.2, 0) is 4.79 Å². The Morgan fingerprint density at radius 3 is 2.65 bits per heavy atom. The number of rotatable bonds is 4. The summed E-state index contributed by atoms with van der Waals surface area (Å²) in [5.41, 5.74) is 2.84. The van der Waals surface area contributed by atoms with Gasteiger partial charge in [0, 0.05) is 17.6 Å². The molecule has 20 heavy (non-hydrogen) atoms. The standard InChI is InChI=1S/C17H18N2O/c1-12-11-15(9-10-18-12)19-17(20)16(14-7-8-14)13-5-3-2-4-6-13/h2-6,9-11,14,16H,7-8H2,1H3,(H,18,19,20). The van der Waals surface area contributed by atoms with Crippen molar-refractivity contribution in [3.63, 3.8) is 0 Å². The van der Waals surface area contributed by atoms with Crippen LogP contribution >= 0.6 is 0 Å². The molecule has 1 aromatic carbocycles. The summed E-state index contributed by atoms with van der Waals surface area (Å²) in [5.74, 6) is 0.536. The van der Waals surface area contributed by atoms with Gasteiger partial charge in [-0.15, -0.1) is 0 Å². The van der Waals surface area contributed by atoms with Crippen molar-refractivity contribution in [1.29, 1.82) is 0 Å². The molecule has 1 N–H and O–H groups in total. The zero-order valence-corrected chi connectivity index (χ0v) is 11.5. The van der Waals surface area contributed by atoms with Crippen molar-refractivity contribution in [1.82, 2.24) is 4.98 Å². The summed E-state index contributed by atoms with van der Waals surface area (Å²) < 4.78 is 0. The Kier molecular flexibility index (Phi) is 3.50. The van der Waals surface area contributed by atoms with Gasteiger partial charge in [0.15, 0.2) is 0 Å². The van der Waals surface area contributed by atoms with Gasteiger partial charge in [-0.1, -0.05) is 30.3 Å². The van der Waals surface area contributed by atoms with E-state index >= 15 is 0 Å². The lowest BCUT2D eigenvalue weighted by Gasteiger charge is -2.16. The largest absolute Gasteiger partial charge is 0.325 e. The summed E-state index contributed by atoms with van der Waals surface area (Å²) >= 11 is 0. The number of carbonyl (C=O) groups is 1. The lowest BCUT2D eigenvalue weighted by molar-refractivity contribution is -0.118. The zero-order chi connectivity index (χ0) is 13.9. The molecule has 1 fully saturated rings. The van der Waals surface area contributed by atoms with E-state index in [2.05, 4.69) is 10.3 Å².